The molecule has 152 valence electrons. The highest BCUT2D eigenvalue weighted by Gasteiger charge is 2.21. The highest BCUT2D eigenvalue weighted by atomic mass is 15.3. The molecular weight excluding hydrogens is 362 g/mol. The lowest BCUT2D eigenvalue weighted by molar-refractivity contribution is 0.118. The quantitative estimate of drug-likeness (QED) is 0.669. The van der Waals surface area contributed by atoms with Crippen LogP contribution >= 0.6 is 0 Å². The van der Waals surface area contributed by atoms with Gasteiger partial charge in [-0.2, -0.15) is 5.10 Å². The number of hydrogen-bond acceptors (Lipinski definition) is 5. The van der Waals surface area contributed by atoms with Gasteiger partial charge in [0.1, 0.15) is 11.6 Å². The molecule has 7 nitrogen and oxygen atoms in total. The molecular formula is C22H29N7. The standard InChI is InChI=1S/C22H29N7/c1-2-5-21-24-25-22(28(21)11-3-1)18-27-15-13-26(14-16-27)17-19-6-8-20(9-7-19)29-12-4-10-23-29/h4,6-10,12H,1-3,5,11,13-18H2. The minimum absolute atomic E-state index is 0.930. The van der Waals surface area contributed by atoms with Crippen molar-refractivity contribution in [1.82, 2.24) is 34.3 Å². The van der Waals surface area contributed by atoms with E-state index in [1.165, 1.54) is 30.7 Å². The van der Waals surface area contributed by atoms with E-state index in [1.54, 1.807) is 0 Å². The number of aryl methyl sites for hydroxylation is 1. The largest absolute Gasteiger partial charge is 0.314 e. The number of hydrogen-bond donors (Lipinski definition) is 0. The Morgan fingerprint density at radius 3 is 2.34 bits per heavy atom. The maximum Gasteiger partial charge on any atom is 0.147 e. The topological polar surface area (TPSA) is 55.0 Å². The van der Waals surface area contributed by atoms with Gasteiger partial charge >= 0.3 is 0 Å². The van der Waals surface area contributed by atoms with E-state index in [9.17, 15) is 0 Å². The summed E-state index contributed by atoms with van der Waals surface area (Å²) in [5.74, 6) is 2.35. The highest BCUT2D eigenvalue weighted by molar-refractivity contribution is 5.33. The van der Waals surface area contributed by atoms with Gasteiger partial charge in [-0.1, -0.05) is 18.6 Å². The Kier molecular flexibility index (Phi) is 5.41. The van der Waals surface area contributed by atoms with Gasteiger partial charge < -0.3 is 4.57 Å². The maximum atomic E-state index is 4.50. The predicted octanol–water partition coefficient (Wildman–Crippen LogP) is 2.51. The second-order valence-corrected chi connectivity index (χ2v) is 8.16. The van der Waals surface area contributed by atoms with Gasteiger partial charge in [0.05, 0.1) is 12.2 Å². The fraction of sp³-hybridized carbons (Fsp3) is 0.500. The van der Waals surface area contributed by atoms with Gasteiger partial charge in [0.15, 0.2) is 0 Å². The van der Waals surface area contributed by atoms with Gasteiger partial charge in [0.25, 0.3) is 0 Å². The van der Waals surface area contributed by atoms with Crippen LogP contribution in [0.2, 0.25) is 0 Å². The van der Waals surface area contributed by atoms with Crippen LogP contribution in [0.5, 0.6) is 0 Å². The Balaban J connectivity index is 1.14. The van der Waals surface area contributed by atoms with Crippen LogP contribution in [0.25, 0.3) is 5.69 Å². The van der Waals surface area contributed by atoms with Crippen molar-refractivity contribution in [3.63, 3.8) is 0 Å². The average Bonchev–Trinajstić information content (AvgIpc) is 3.35. The third-order valence-corrected chi connectivity index (χ3v) is 6.13. The van der Waals surface area contributed by atoms with E-state index < -0.39 is 0 Å². The molecule has 7 heteroatoms. The molecule has 0 aliphatic carbocycles. The average molecular weight is 392 g/mol. The smallest absolute Gasteiger partial charge is 0.147 e. The van der Waals surface area contributed by atoms with Gasteiger partial charge in [-0.3, -0.25) is 9.80 Å². The molecule has 1 fully saturated rings. The number of aromatic nitrogens is 5. The molecule has 0 unspecified atom stereocenters. The van der Waals surface area contributed by atoms with Crippen molar-refractivity contribution in [3.05, 3.63) is 59.9 Å². The zero-order valence-corrected chi connectivity index (χ0v) is 17.0. The zero-order chi connectivity index (χ0) is 19.5. The first-order valence-corrected chi connectivity index (χ1v) is 10.8. The van der Waals surface area contributed by atoms with Crippen molar-refractivity contribution in [2.45, 2.75) is 45.3 Å². The zero-order valence-electron chi connectivity index (χ0n) is 17.0. The minimum atomic E-state index is 0.930. The van der Waals surface area contributed by atoms with Crippen LogP contribution < -0.4 is 0 Å². The van der Waals surface area contributed by atoms with E-state index in [4.69, 9.17) is 0 Å². The first-order valence-electron chi connectivity index (χ1n) is 10.8. The number of piperazine rings is 1. The van der Waals surface area contributed by atoms with Crippen LogP contribution in [0.3, 0.4) is 0 Å². The number of benzene rings is 1. The molecule has 5 rings (SSSR count). The Labute approximate surface area is 172 Å². The Hall–Kier alpha value is -2.51. The van der Waals surface area contributed by atoms with Crippen LogP contribution in [0.15, 0.2) is 42.7 Å². The number of fused-ring (bicyclic) bond motifs is 1. The molecule has 0 radical (unpaired) electrons. The summed E-state index contributed by atoms with van der Waals surface area (Å²) in [7, 11) is 0. The minimum Gasteiger partial charge on any atom is -0.314 e. The maximum absolute atomic E-state index is 4.50. The molecule has 0 amide bonds. The second-order valence-electron chi connectivity index (χ2n) is 8.16. The summed E-state index contributed by atoms with van der Waals surface area (Å²) in [5.41, 5.74) is 2.47. The van der Waals surface area contributed by atoms with Gasteiger partial charge in [0, 0.05) is 58.1 Å². The number of nitrogens with zero attached hydrogens (tertiary/aromatic N) is 7. The first kappa shape index (κ1) is 18.5. The lowest BCUT2D eigenvalue weighted by atomic mass is 10.2. The monoisotopic (exact) mass is 391 g/mol. The van der Waals surface area contributed by atoms with Crippen molar-refractivity contribution in [3.8, 4) is 5.69 Å². The summed E-state index contributed by atoms with van der Waals surface area (Å²) < 4.78 is 4.27. The van der Waals surface area contributed by atoms with Crippen molar-refractivity contribution >= 4 is 0 Å². The van der Waals surface area contributed by atoms with E-state index in [1.807, 2.05) is 23.1 Å². The predicted molar refractivity (Wildman–Crippen MR) is 112 cm³/mol. The van der Waals surface area contributed by atoms with Crippen molar-refractivity contribution in [1.29, 1.82) is 0 Å². The fourth-order valence-electron chi connectivity index (χ4n) is 4.40. The van der Waals surface area contributed by atoms with Gasteiger partial charge in [-0.25, -0.2) is 4.68 Å². The summed E-state index contributed by atoms with van der Waals surface area (Å²) in [4.78, 5) is 5.07. The Morgan fingerprint density at radius 2 is 1.59 bits per heavy atom. The molecule has 1 aromatic carbocycles. The molecule has 2 aromatic heterocycles. The summed E-state index contributed by atoms with van der Waals surface area (Å²) in [6, 6.07) is 10.7. The van der Waals surface area contributed by atoms with Crippen molar-refractivity contribution in [2.24, 2.45) is 0 Å². The summed E-state index contributed by atoms with van der Waals surface area (Å²) >= 11 is 0. The van der Waals surface area contributed by atoms with E-state index in [0.717, 1.165) is 63.7 Å². The number of rotatable bonds is 5. The van der Waals surface area contributed by atoms with Crippen LogP contribution in [0, 0.1) is 0 Å². The molecule has 0 saturated carbocycles. The van der Waals surface area contributed by atoms with Crippen LogP contribution in [0.1, 0.15) is 36.5 Å². The molecule has 3 aromatic rings. The van der Waals surface area contributed by atoms with Crippen LogP contribution in [-0.4, -0.2) is 60.5 Å². The molecule has 29 heavy (non-hydrogen) atoms. The summed E-state index contributed by atoms with van der Waals surface area (Å²) in [6.07, 6.45) is 8.68. The Morgan fingerprint density at radius 1 is 0.793 bits per heavy atom. The first-order chi connectivity index (χ1) is 14.3. The summed E-state index contributed by atoms with van der Waals surface area (Å²) in [6.45, 7) is 7.41. The van der Waals surface area contributed by atoms with Crippen LogP contribution in [-0.2, 0) is 26.1 Å². The van der Waals surface area contributed by atoms with Gasteiger partial charge in [-0.05, 0) is 36.6 Å². The third kappa shape index (κ3) is 4.26. The Bertz CT molecular complexity index is 905. The van der Waals surface area contributed by atoms with Crippen molar-refractivity contribution < 1.29 is 0 Å². The third-order valence-electron chi connectivity index (χ3n) is 6.13. The molecule has 0 bridgehead atoms. The van der Waals surface area contributed by atoms with Gasteiger partial charge in [0.2, 0.25) is 0 Å². The van der Waals surface area contributed by atoms with E-state index >= 15 is 0 Å². The van der Waals surface area contributed by atoms with E-state index in [-0.39, 0.29) is 0 Å². The normalized spacial score (nSPS) is 18.5. The van der Waals surface area contributed by atoms with E-state index in [0.29, 0.717) is 0 Å². The molecule has 4 heterocycles. The molecule has 0 N–H and O–H groups in total. The lowest BCUT2D eigenvalue weighted by Crippen LogP contribution is -2.45. The molecule has 2 aliphatic rings. The van der Waals surface area contributed by atoms with Crippen molar-refractivity contribution in [2.75, 3.05) is 26.2 Å². The van der Waals surface area contributed by atoms with Gasteiger partial charge in [-0.15, -0.1) is 10.2 Å². The molecule has 0 spiro atoms. The SMILES string of the molecule is c1cnn(-c2ccc(CN3CCN(Cc4nnc5n4CCCCC5)CC3)cc2)c1. The van der Waals surface area contributed by atoms with Crippen LogP contribution in [0.4, 0.5) is 0 Å². The summed E-state index contributed by atoms with van der Waals surface area (Å²) in [5, 5.41) is 13.2. The molecule has 1 saturated heterocycles. The highest BCUT2D eigenvalue weighted by Crippen LogP contribution is 2.17. The lowest BCUT2D eigenvalue weighted by Gasteiger charge is -2.34. The second kappa shape index (κ2) is 8.47. The molecule has 2 aliphatic heterocycles. The fourth-order valence-corrected chi connectivity index (χ4v) is 4.40. The van der Waals surface area contributed by atoms with E-state index in [2.05, 4.69) is 53.9 Å². The molecule has 0 atom stereocenters.